The second-order valence-corrected chi connectivity index (χ2v) is 8.38. The summed E-state index contributed by atoms with van der Waals surface area (Å²) in [6, 6.07) is 0. The minimum atomic E-state index is 0.290. The minimum Gasteiger partial charge on any atom is -0.381 e. The molecule has 0 saturated heterocycles. The molecule has 3 unspecified atom stereocenters. The first-order chi connectivity index (χ1) is 8.77. The van der Waals surface area contributed by atoms with E-state index in [9.17, 15) is 0 Å². The number of allylic oxidation sites excluding steroid dienone is 2. The van der Waals surface area contributed by atoms with Gasteiger partial charge in [-0.05, 0) is 55.3 Å². The largest absolute Gasteiger partial charge is 0.381 e. The van der Waals surface area contributed by atoms with E-state index in [0.29, 0.717) is 22.9 Å². The molecule has 19 heavy (non-hydrogen) atoms. The molecule has 0 heterocycles. The van der Waals surface area contributed by atoms with Crippen molar-refractivity contribution in [3.05, 3.63) is 11.6 Å². The third kappa shape index (κ3) is 1.51. The fourth-order valence-electron chi connectivity index (χ4n) is 5.37. The van der Waals surface area contributed by atoms with Crippen LogP contribution in [-0.2, 0) is 4.74 Å². The van der Waals surface area contributed by atoms with Gasteiger partial charge in [-0.3, -0.25) is 0 Å². The van der Waals surface area contributed by atoms with E-state index in [1.54, 1.807) is 0 Å². The average Bonchev–Trinajstić information content (AvgIpc) is 2.34. The lowest BCUT2D eigenvalue weighted by Crippen LogP contribution is -2.61. The van der Waals surface area contributed by atoms with Gasteiger partial charge in [-0.25, -0.2) is 0 Å². The van der Waals surface area contributed by atoms with Gasteiger partial charge in [-0.15, -0.1) is 0 Å². The van der Waals surface area contributed by atoms with Gasteiger partial charge in [0.15, 0.2) is 0 Å². The normalized spacial score (nSPS) is 48.8. The Morgan fingerprint density at radius 1 is 1.32 bits per heavy atom. The van der Waals surface area contributed by atoms with Crippen molar-refractivity contribution >= 4 is 0 Å². The van der Waals surface area contributed by atoms with Crippen LogP contribution >= 0.6 is 0 Å². The molecule has 2 bridgehead atoms. The lowest BCUT2D eigenvalue weighted by atomic mass is 9.35. The van der Waals surface area contributed by atoms with E-state index in [2.05, 4.69) is 40.7 Å². The van der Waals surface area contributed by atoms with Crippen LogP contribution in [0.2, 0.25) is 0 Å². The van der Waals surface area contributed by atoms with E-state index in [1.807, 2.05) is 12.7 Å². The van der Waals surface area contributed by atoms with Gasteiger partial charge in [-0.1, -0.05) is 39.3 Å². The summed E-state index contributed by atoms with van der Waals surface area (Å²) in [4.78, 5) is 0. The summed E-state index contributed by atoms with van der Waals surface area (Å²) in [6.45, 7) is 12.1. The molecular formula is C18H30O. The molecule has 2 saturated carbocycles. The molecule has 3 rings (SSSR count). The zero-order valence-corrected chi connectivity index (χ0v) is 13.5. The van der Waals surface area contributed by atoms with E-state index >= 15 is 0 Å². The lowest BCUT2D eigenvalue weighted by Gasteiger charge is -2.69. The highest BCUT2D eigenvalue weighted by atomic mass is 16.5. The van der Waals surface area contributed by atoms with Crippen molar-refractivity contribution in [1.82, 2.24) is 0 Å². The van der Waals surface area contributed by atoms with E-state index in [4.69, 9.17) is 4.74 Å². The van der Waals surface area contributed by atoms with Gasteiger partial charge >= 0.3 is 0 Å². The van der Waals surface area contributed by atoms with Crippen molar-refractivity contribution in [1.29, 1.82) is 0 Å². The van der Waals surface area contributed by atoms with Crippen LogP contribution in [0.15, 0.2) is 11.6 Å². The van der Waals surface area contributed by atoms with Gasteiger partial charge in [0, 0.05) is 12.5 Å². The fraction of sp³-hybridized carbons (Fsp3) is 0.889. The van der Waals surface area contributed by atoms with Crippen molar-refractivity contribution in [2.24, 2.45) is 28.1 Å². The highest BCUT2D eigenvalue weighted by Gasteiger charge is 2.65. The van der Waals surface area contributed by atoms with Gasteiger partial charge in [0.25, 0.3) is 0 Å². The van der Waals surface area contributed by atoms with Crippen LogP contribution in [0.25, 0.3) is 0 Å². The Labute approximate surface area is 118 Å². The summed E-state index contributed by atoms with van der Waals surface area (Å²) in [5, 5.41) is 0. The molecular weight excluding hydrogens is 232 g/mol. The van der Waals surface area contributed by atoms with E-state index in [1.165, 1.54) is 25.7 Å². The molecule has 108 valence electrons. The fourth-order valence-corrected chi connectivity index (χ4v) is 5.37. The predicted octanol–water partition coefficient (Wildman–Crippen LogP) is 4.82. The first-order valence-electron chi connectivity index (χ1n) is 8.02. The van der Waals surface area contributed by atoms with Gasteiger partial charge in [-0.2, -0.15) is 0 Å². The molecule has 1 heteroatoms. The molecule has 0 aromatic heterocycles. The number of fused-ring (bicyclic) bond motifs is 2. The van der Waals surface area contributed by atoms with Crippen LogP contribution in [0.1, 0.15) is 60.3 Å². The topological polar surface area (TPSA) is 9.23 Å². The first kappa shape index (κ1) is 13.7. The van der Waals surface area contributed by atoms with E-state index in [0.717, 1.165) is 5.92 Å². The molecule has 3 aliphatic rings. The van der Waals surface area contributed by atoms with Crippen LogP contribution in [0.4, 0.5) is 0 Å². The maximum atomic E-state index is 5.74. The number of hydrogen-bond acceptors (Lipinski definition) is 1. The van der Waals surface area contributed by atoms with Gasteiger partial charge in [0.05, 0.1) is 6.10 Å². The van der Waals surface area contributed by atoms with Crippen molar-refractivity contribution in [3.8, 4) is 0 Å². The second kappa shape index (κ2) is 3.87. The molecule has 0 aromatic carbocycles. The van der Waals surface area contributed by atoms with Crippen LogP contribution in [0.5, 0.6) is 0 Å². The van der Waals surface area contributed by atoms with Crippen molar-refractivity contribution in [2.45, 2.75) is 66.4 Å². The summed E-state index contributed by atoms with van der Waals surface area (Å²) >= 11 is 0. The Hall–Kier alpha value is -0.300. The smallest absolute Gasteiger partial charge is 0.0602 e. The molecule has 0 N–H and O–H groups in total. The summed E-state index contributed by atoms with van der Waals surface area (Å²) in [5.74, 6) is 1.56. The average molecular weight is 262 g/mol. The molecule has 0 aliphatic heterocycles. The van der Waals surface area contributed by atoms with Gasteiger partial charge in [0.1, 0.15) is 0 Å². The Balaban J connectivity index is 2.03. The molecule has 1 spiro atoms. The summed E-state index contributed by atoms with van der Waals surface area (Å²) in [7, 11) is 1.87. The standard InChI is InChI=1S/C18H30O/c1-12-9-15-14-7-8-16(3,4)18(15,10-14)11-17(12,5)13(2)19-6/h9,12-14H,7-8,10-11H2,1-6H3/t12?,13?,14-,17?,18-/m0/s1. The number of hydrogen-bond donors (Lipinski definition) is 0. The monoisotopic (exact) mass is 262 g/mol. The van der Waals surface area contributed by atoms with Crippen molar-refractivity contribution in [2.75, 3.05) is 7.11 Å². The highest BCUT2D eigenvalue weighted by molar-refractivity contribution is 5.38. The summed E-state index contributed by atoms with van der Waals surface area (Å²) in [6.07, 6.45) is 8.56. The number of rotatable bonds is 2. The van der Waals surface area contributed by atoms with Crippen molar-refractivity contribution < 1.29 is 4.74 Å². The third-order valence-corrected chi connectivity index (χ3v) is 7.44. The molecule has 0 amide bonds. The number of ether oxygens (including phenoxy) is 1. The molecule has 0 aromatic rings. The molecule has 2 fully saturated rings. The van der Waals surface area contributed by atoms with E-state index < -0.39 is 0 Å². The SMILES string of the molecule is COC(C)C1(C)C[C@]23C[C@H](CCC2(C)C)C3=CC1C. The molecule has 5 atom stereocenters. The Kier molecular flexibility index (Phi) is 2.79. The second-order valence-electron chi connectivity index (χ2n) is 8.38. The first-order valence-corrected chi connectivity index (χ1v) is 8.02. The van der Waals surface area contributed by atoms with Gasteiger partial charge < -0.3 is 4.74 Å². The zero-order valence-electron chi connectivity index (χ0n) is 13.5. The van der Waals surface area contributed by atoms with Crippen LogP contribution in [0.3, 0.4) is 0 Å². The lowest BCUT2D eigenvalue weighted by molar-refractivity contribution is -0.129. The quantitative estimate of drug-likeness (QED) is 0.648. The Morgan fingerprint density at radius 2 is 2.00 bits per heavy atom. The van der Waals surface area contributed by atoms with E-state index in [-0.39, 0.29) is 5.41 Å². The number of methoxy groups -OCH3 is 1. The van der Waals surface area contributed by atoms with Crippen molar-refractivity contribution in [3.63, 3.8) is 0 Å². The Morgan fingerprint density at radius 3 is 2.58 bits per heavy atom. The molecule has 3 aliphatic carbocycles. The highest BCUT2D eigenvalue weighted by Crippen LogP contribution is 2.74. The molecule has 0 radical (unpaired) electrons. The van der Waals surface area contributed by atoms with Crippen LogP contribution < -0.4 is 0 Å². The van der Waals surface area contributed by atoms with Crippen LogP contribution in [-0.4, -0.2) is 13.2 Å². The maximum Gasteiger partial charge on any atom is 0.0602 e. The van der Waals surface area contributed by atoms with Crippen LogP contribution in [0, 0.1) is 28.1 Å². The predicted molar refractivity (Wildman–Crippen MR) is 80.0 cm³/mol. The summed E-state index contributed by atoms with van der Waals surface area (Å²) < 4.78 is 5.74. The molecule has 1 nitrogen and oxygen atoms in total. The summed E-state index contributed by atoms with van der Waals surface area (Å²) in [5.41, 5.74) is 3.07. The Bertz CT molecular complexity index is 421. The maximum absolute atomic E-state index is 5.74. The minimum absolute atomic E-state index is 0.290. The zero-order chi connectivity index (χ0) is 14.1. The van der Waals surface area contributed by atoms with Gasteiger partial charge in [0.2, 0.25) is 0 Å². The third-order valence-electron chi connectivity index (χ3n) is 7.44.